The number of hydrogen-bond donors (Lipinski definition) is 3. The summed E-state index contributed by atoms with van der Waals surface area (Å²) in [6, 6.07) is 9.22. The molecule has 0 unspecified atom stereocenters. The molecule has 0 fully saturated rings. The Hall–Kier alpha value is -3.97. The first-order valence-electron chi connectivity index (χ1n) is 11.7. The zero-order valence-corrected chi connectivity index (χ0v) is 21.5. The maximum absolute atomic E-state index is 13.6. The minimum atomic E-state index is -0.237. The number of imidazole rings is 1. The molecular formula is C29H30FN5S. The van der Waals surface area contributed by atoms with Gasteiger partial charge in [0.1, 0.15) is 11.3 Å². The van der Waals surface area contributed by atoms with Gasteiger partial charge in [0.2, 0.25) is 0 Å². The molecule has 0 bridgehead atoms. The monoisotopic (exact) mass is 499 g/mol. The normalized spacial score (nSPS) is 12.4. The lowest BCUT2D eigenvalue weighted by molar-refractivity contribution is 0.657. The van der Waals surface area contributed by atoms with Crippen molar-refractivity contribution in [3.05, 3.63) is 108 Å². The smallest absolute Gasteiger partial charge is 0.176 e. The summed E-state index contributed by atoms with van der Waals surface area (Å²) in [6.45, 7) is 14.2. The highest BCUT2D eigenvalue weighted by atomic mass is 32.1. The molecule has 7 heteroatoms. The van der Waals surface area contributed by atoms with E-state index in [9.17, 15) is 4.39 Å². The molecule has 0 saturated heterocycles. The van der Waals surface area contributed by atoms with Crippen molar-refractivity contribution in [2.45, 2.75) is 27.2 Å². The largest absolute Gasteiger partial charge is 0.398 e. The number of nitrogens with one attached hydrogen (secondary N) is 2. The third kappa shape index (κ3) is 5.47. The van der Waals surface area contributed by atoms with Crippen molar-refractivity contribution in [2.75, 3.05) is 5.73 Å². The molecule has 5 nitrogen and oxygen atoms in total. The summed E-state index contributed by atoms with van der Waals surface area (Å²) in [4.78, 5) is 13.3. The molecule has 4 aromatic rings. The topological polar surface area (TPSA) is 79.6 Å². The SMILES string of the molecule is C=C/C(=C\C(=C/C)c1ccc(N)c(Cc2nc3c(-c4ccc(F)s4)cncc3[nH]2)c1)NC(=C)C(C)C. The van der Waals surface area contributed by atoms with Crippen molar-refractivity contribution >= 4 is 33.6 Å². The number of aromatic amines is 1. The zero-order chi connectivity index (χ0) is 25.8. The number of halogens is 1. The second-order valence-corrected chi connectivity index (χ2v) is 9.85. The Bertz CT molecular complexity index is 1490. The summed E-state index contributed by atoms with van der Waals surface area (Å²) in [6.07, 6.45) is 9.86. The average Bonchev–Trinajstić information content (AvgIpc) is 3.48. The Morgan fingerprint density at radius 1 is 1.25 bits per heavy atom. The fourth-order valence-electron chi connectivity index (χ4n) is 3.80. The molecule has 4 rings (SSSR count). The van der Waals surface area contributed by atoms with Crippen LogP contribution in [-0.2, 0) is 6.42 Å². The molecule has 4 N–H and O–H groups in total. The molecule has 1 aromatic carbocycles. The number of nitrogen functional groups attached to an aromatic ring is 1. The highest BCUT2D eigenvalue weighted by Crippen LogP contribution is 2.32. The van der Waals surface area contributed by atoms with Crippen LogP contribution >= 0.6 is 11.3 Å². The quantitative estimate of drug-likeness (QED) is 0.168. The Morgan fingerprint density at radius 2 is 2.06 bits per heavy atom. The van der Waals surface area contributed by atoms with Crippen molar-refractivity contribution in [2.24, 2.45) is 5.92 Å². The van der Waals surface area contributed by atoms with Crippen molar-refractivity contribution in [1.29, 1.82) is 0 Å². The van der Waals surface area contributed by atoms with E-state index in [1.54, 1.807) is 24.5 Å². The number of benzene rings is 1. The number of rotatable bonds is 9. The Labute approximate surface area is 215 Å². The number of H-pyrrole nitrogens is 1. The summed E-state index contributed by atoms with van der Waals surface area (Å²) >= 11 is 1.08. The van der Waals surface area contributed by atoms with Crippen molar-refractivity contribution in [3.8, 4) is 10.4 Å². The number of pyridine rings is 1. The van der Waals surface area contributed by atoms with Gasteiger partial charge in [0.25, 0.3) is 0 Å². The first-order chi connectivity index (χ1) is 17.3. The molecule has 0 aliphatic heterocycles. The lowest BCUT2D eigenvalue weighted by Gasteiger charge is -2.15. The Balaban J connectivity index is 1.64. The van der Waals surface area contributed by atoms with Crippen LogP contribution < -0.4 is 11.1 Å². The molecule has 0 aliphatic rings. The molecular weight excluding hydrogens is 469 g/mol. The molecule has 0 atom stereocenters. The minimum Gasteiger partial charge on any atom is -0.398 e. The van der Waals surface area contributed by atoms with E-state index in [1.807, 2.05) is 19.1 Å². The molecule has 0 saturated carbocycles. The van der Waals surface area contributed by atoms with Gasteiger partial charge in [-0.25, -0.2) is 4.98 Å². The fourth-order valence-corrected chi connectivity index (χ4v) is 4.54. The second-order valence-electron chi connectivity index (χ2n) is 8.81. The molecule has 0 radical (unpaired) electrons. The van der Waals surface area contributed by atoms with Crippen LogP contribution in [0.2, 0.25) is 0 Å². The summed E-state index contributed by atoms with van der Waals surface area (Å²) in [5.41, 5.74) is 14.2. The van der Waals surface area contributed by atoms with Gasteiger partial charge in [-0.1, -0.05) is 39.1 Å². The van der Waals surface area contributed by atoms with Crippen LogP contribution in [0.5, 0.6) is 0 Å². The Morgan fingerprint density at radius 3 is 2.72 bits per heavy atom. The first-order valence-corrected chi connectivity index (χ1v) is 12.5. The summed E-state index contributed by atoms with van der Waals surface area (Å²) in [7, 11) is 0. The fraction of sp³-hybridized carbons (Fsp3) is 0.172. The maximum Gasteiger partial charge on any atom is 0.176 e. The first kappa shape index (κ1) is 25.1. The van der Waals surface area contributed by atoms with Gasteiger partial charge in [-0.05, 0) is 66.0 Å². The van der Waals surface area contributed by atoms with Gasteiger partial charge in [0, 0.05) is 40.1 Å². The van der Waals surface area contributed by atoms with E-state index in [2.05, 4.69) is 60.5 Å². The van der Waals surface area contributed by atoms with Crippen LogP contribution in [0.1, 0.15) is 37.7 Å². The van der Waals surface area contributed by atoms with Crippen LogP contribution in [0.15, 0.2) is 85.5 Å². The van der Waals surface area contributed by atoms with Gasteiger partial charge >= 0.3 is 0 Å². The average molecular weight is 500 g/mol. The number of fused-ring (bicyclic) bond motifs is 1. The van der Waals surface area contributed by atoms with Crippen LogP contribution in [-0.4, -0.2) is 15.0 Å². The van der Waals surface area contributed by atoms with Crippen molar-refractivity contribution in [3.63, 3.8) is 0 Å². The molecule has 3 heterocycles. The van der Waals surface area contributed by atoms with E-state index in [0.29, 0.717) is 18.0 Å². The second kappa shape index (κ2) is 10.7. The van der Waals surface area contributed by atoms with E-state index in [1.165, 1.54) is 6.07 Å². The standard InChI is InChI=1S/C29H30FN5S/c1-6-19(13-22(7-2)33-18(5)17(3)4)20-8-9-24(31)21(12-20)14-28-34-25-16-32-15-23(29(25)35-28)26-10-11-27(30)36-26/h6-13,15-17,33H,2,5,14,31H2,1,3-4H3,(H,34,35)/b19-6+,22-13+. The number of allylic oxidation sites excluding steroid dienone is 5. The van der Waals surface area contributed by atoms with Crippen molar-refractivity contribution < 1.29 is 4.39 Å². The third-order valence-electron chi connectivity index (χ3n) is 5.96. The number of hydrogen-bond acceptors (Lipinski definition) is 5. The van der Waals surface area contributed by atoms with Crippen LogP contribution in [0.25, 0.3) is 27.0 Å². The molecule has 0 amide bonds. The predicted octanol–water partition coefficient (Wildman–Crippen LogP) is 7.23. The van der Waals surface area contributed by atoms with Gasteiger partial charge in [0.15, 0.2) is 5.13 Å². The van der Waals surface area contributed by atoms with E-state index < -0.39 is 0 Å². The molecule has 0 aliphatic carbocycles. The summed E-state index contributed by atoms with van der Waals surface area (Å²) < 4.78 is 13.6. The van der Waals surface area contributed by atoms with Gasteiger partial charge in [-0.3, -0.25) is 4.98 Å². The van der Waals surface area contributed by atoms with E-state index >= 15 is 0 Å². The van der Waals surface area contributed by atoms with Crippen LogP contribution in [0.4, 0.5) is 10.1 Å². The lowest BCUT2D eigenvalue weighted by Crippen LogP contribution is -2.14. The van der Waals surface area contributed by atoms with E-state index in [-0.39, 0.29) is 5.13 Å². The number of anilines is 1. The number of nitrogens with two attached hydrogens (primary N) is 1. The van der Waals surface area contributed by atoms with Gasteiger partial charge in [-0.15, -0.1) is 11.3 Å². The molecule has 0 spiro atoms. The maximum atomic E-state index is 13.6. The van der Waals surface area contributed by atoms with Gasteiger partial charge in [-0.2, -0.15) is 4.39 Å². The summed E-state index contributed by atoms with van der Waals surface area (Å²) in [5.74, 6) is 1.07. The van der Waals surface area contributed by atoms with Gasteiger partial charge < -0.3 is 16.0 Å². The number of thiophene rings is 1. The molecule has 36 heavy (non-hydrogen) atoms. The van der Waals surface area contributed by atoms with E-state index in [0.717, 1.165) is 66.7 Å². The van der Waals surface area contributed by atoms with Crippen LogP contribution in [0, 0.1) is 11.0 Å². The molecule has 184 valence electrons. The molecule has 3 aromatic heterocycles. The Kier molecular flexibility index (Phi) is 7.50. The van der Waals surface area contributed by atoms with Crippen molar-refractivity contribution in [1.82, 2.24) is 20.3 Å². The van der Waals surface area contributed by atoms with E-state index in [4.69, 9.17) is 10.7 Å². The highest BCUT2D eigenvalue weighted by molar-refractivity contribution is 7.14. The highest BCUT2D eigenvalue weighted by Gasteiger charge is 2.14. The number of aromatic nitrogens is 3. The van der Waals surface area contributed by atoms with Crippen LogP contribution in [0.3, 0.4) is 0 Å². The summed E-state index contributed by atoms with van der Waals surface area (Å²) in [5, 5.41) is 3.10. The zero-order valence-electron chi connectivity index (χ0n) is 20.7. The lowest BCUT2D eigenvalue weighted by atomic mass is 9.99. The predicted molar refractivity (Wildman–Crippen MR) is 150 cm³/mol. The van der Waals surface area contributed by atoms with Gasteiger partial charge in [0.05, 0.1) is 11.7 Å². The third-order valence-corrected chi connectivity index (χ3v) is 6.87. The minimum absolute atomic E-state index is 0.237. The number of nitrogens with zero attached hydrogens (tertiary/aromatic N) is 2.